The number of carbonyl (C=O) groups is 2. The standard InChI is InChI=1S/C14H23NO4S/c1-6-8-18-12(16)11(10-20-9-7-2)15-13(17)19-14(3,4)5/h6-7,11H,1-2,8-10H2,3-5H3,(H,15,17)/t11-/m0/s1. The van der Waals surface area contributed by atoms with Crippen LogP contribution in [0.25, 0.3) is 0 Å². The van der Waals surface area contributed by atoms with Gasteiger partial charge in [0, 0.05) is 5.75 Å². The molecule has 0 spiro atoms. The summed E-state index contributed by atoms with van der Waals surface area (Å²) < 4.78 is 10.1. The molecule has 1 amide bonds. The number of ether oxygens (including phenoxy) is 2. The number of nitrogens with one attached hydrogen (secondary N) is 1. The zero-order valence-corrected chi connectivity index (χ0v) is 13.1. The van der Waals surface area contributed by atoms with Gasteiger partial charge in [0.15, 0.2) is 0 Å². The van der Waals surface area contributed by atoms with Crippen LogP contribution in [0.3, 0.4) is 0 Å². The molecule has 0 aliphatic carbocycles. The van der Waals surface area contributed by atoms with Crippen molar-refractivity contribution < 1.29 is 19.1 Å². The van der Waals surface area contributed by atoms with E-state index >= 15 is 0 Å². The van der Waals surface area contributed by atoms with Crippen LogP contribution in [0, 0.1) is 13.3 Å². The number of hydrogen-bond donors (Lipinski definition) is 1. The number of hydrogen-bond acceptors (Lipinski definition) is 5. The van der Waals surface area contributed by atoms with Crippen LogP contribution in [0.5, 0.6) is 0 Å². The zero-order chi connectivity index (χ0) is 15.6. The average Bonchev–Trinajstić information content (AvgIpc) is 2.32. The topological polar surface area (TPSA) is 64.6 Å². The van der Waals surface area contributed by atoms with E-state index in [9.17, 15) is 9.59 Å². The fourth-order valence-corrected chi connectivity index (χ4v) is 1.89. The van der Waals surface area contributed by atoms with E-state index in [0.29, 0.717) is 11.5 Å². The molecule has 6 heteroatoms. The Morgan fingerprint density at radius 3 is 2.55 bits per heavy atom. The molecule has 0 aromatic rings. The molecule has 114 valence electrons. The van der Waals surface area contributed by atoms with Crippen molar-refractivity contribution in [2.75, 3.05) is 18.1 Å². The molecule has 0 rings (SSSR count). The maximum Gasteiger partial charge on any atom is 0.408 e. The second-order valence-corrected chi connectivity index (χ2v) is 6.02. The number of thioether (sulfide) groups is 1. The molecule has 2 radical (unpaired) electrons. The van der Waals surface area contributed by atoms with Crippen molar-refractivity contribution in [3.05, 3.63) is 26.0 Å². The molecule has 1 atom stereocenters. The normalized spacial score (nSPS) is 12.4. The lowest BCUT2D eigenvalue weighted by molar-refractivity contribution is -0.144. The van der Waals surface area contributed by atoms with Crippen LogP contribution in [0.1, 0.15) is 20.8 Å². The summed E-state index contributed by atoms with van der Waals surface area (Å²) >= 11 is 1.47. The van der Waals surface area contributed by atoms with Crippen molar-refractivity contribution >= 4 is 23.8 Å². The molecule has 20 heavy (non-hydrogen) atoms. The van der Waals surface area contributed by atoms with Gasteiger partial charge in [-0.3, -0.25) is 0 Å². The van der Waals surface area contributed by atoms with Crippen LogP contribution < -0.4 is 5.32 Å². The minimum absolute atomic E-state index is 0.109. The van der Waals surface area contributed by atoms with Crippen LogP contribution in [0.15, 0.2) is 12.7 Å². The van der Waals surface area contributed by atoms with Gasteiger partial charge < -0.3 is 14.8 Å². The molecule has 0 aromatic heterocycles. The first kappa shape index (κ1) is 18.8. The highest BCUT2D eigenvalue weighted by Crippen LogP contribution is 2.09. The third kappa shape index (κ3) is 9.72. The quantitative estimate of drug-likeness (QED) is 0.423. The van der Waals surface area contributed by atoms with Crippen molar-refractivity contribution in [1.82, 2.24) is 5.32 Å². The van der Waals surface area contributed by atoms with E-state index in [1.54, 1.807) is 27.2 Å². The number of alkyl carbamates (subject to hydrolysis) is 1. The van der Waals surface area contributed by atoms with E-state index in [1.165, 1.54) is 17.8 Å². The molecule has 0 heterocycles. The number of amides is 1. The van der Waals surface area contributed by atoms with E-state index in [1.807, 2.05) is 0 Å². The predicted octanol–water partition coefficient (Wildman–Crippen LogP) is 2.38. The summed E-state index contributed by atoms with van der Waals surface area (Å²) in [5.74, 6) is 0.565. The Kier molecular flexibility index (Phi) is 9.12. The fraction of sp³-hybridized carbons (Fsp3) is 0.571. The smallest absolute Gasteiger partial charge is 0.408 e. The van der Waals surface area contributed by atoms with Crippen LogP contribution in [-0.4, -0.2) is 41.8 Å². The number of rotatable bonds is 8. The highest BCUT2D eigenvalue weighted by atomic mass is 32.2. The molecule has 0 aromatic carbocycles. The largest absolute Gasteiger partial charge is 0.460 e. The molecule has 0 saturated carbocycles. The van der Waals surface area contributed by atoms with Crippen LogP contribution in [-0.2, 0) is 14.3 Å². The highest BCUT2D eigenvalue weighted by molar-refractivity contribution is 7.99. The molecular formula is C14H23NO4S. The van der Waals surface area contributed by atoms with E-state index in [-0.39, 0.29) is 6.61 Å². The Balaban J connectivity index is 4.46. The van der Waals surface area contributed by atoms with Gasteiger partial charge in [-0.25, -0.2) is 9.59 Å². The first-order chi connectivity index (χ1) is 9.30. The SMILES string of the molecule is [CH2][CH]CSC[C@H](NC(=O)OC(C)(C)C)C(=O)OCC=C. The Hall–Kier alpha value is -1.17. The summed E-state index contributed by atoms with van der Waals surface area (Å²) in [4.78, 5) is 23.5. The Bertz CT molecular complexity index is 326. The van der Waals surface area contributed by atoms with Crippen molar-refractivity contribution in [2.24, 2.45) is 0 Å². The molecule has 0 saturated heterocycles. The zero-order valence-electron chi connectivity index (χ0n) is 12.3. The second kappa shape index (κ2) is 9.69. The molecule has 0 fully saturated rings. The summed E-state index contributed by atoms with van der Waals surface area (Å²) in [6, 6.07) is -0.755. The maximum atomic E-state index is 11.8. The van der Waals surface area contributed by atoms with Crippen molar-refractivity contribution in [1.29, 1.82) is 0 Å². The van der Waals surface area contributed by atoms with Crippen LogP contribution in [0.4, 0.5) is 4.79 Å². The lowest BCUT2D eigenvalue weighted by Crippen LogP contribution is -2.45. The van der Waals surface area contributed by atoms with Gasteiger partial charge in [0.1, 0.15) is 18.2 Å². The van der Waals surface area contributed by atoms with Crippen molar-refractivity contribution in [3.8, 4) is 0 Å². The van der Waals surface area contributed by atoms with Crippen LogP contribution in [0.2, 0.25) is 0 Å². The second-order valence-electron chi connectivity index (χ2n) is 4.94. The number of esters is 1. The third-order valence-corrected chi connectivity index (χ3v) is 2.88. The van der Waals surface area contributed by atoms with E-state index < -0.39 is 23.7 Å². The van der Waals surface area contributed by atoms with Gasteiger partial charge >= 0.3 is 12.1 Å². The molecular weight excluding hydrogens is 278 g/mol. The lowest BCUT2D eigenvalue weighted by atomic mass is 10.2. The van der Waals surface area contributed by atoms with Gasteiger partial charge in [0.2, 0.25) is 0 Å². The molecule has 1 N–H and O–H groups in total. The first-order valence-electron chi connectivity index (χ1n) is 6.26. The minimum atomic E-state index is -0.755. The molecule has 5 nitrogen and oxygen atoms in total. The molecule has 0 aliphatic heterocycles. The number of carbonyl (C=O) groups excluding carboxylic acids is 2. The minimum Gasteiger partial charge on any atom is -0.460 e. The molecule has 0 aliphatic rings. The summed E-state index contributed by atoms with van der Waals surface area (Å²) in [6.45, 7) is 12.4. The summed E-state index contributed by atoms with van der Waals surface area (Å²) in [6.07, 6.45) is 2.56. The van der Waals surface area contributed by atoms with Crippen molar-refractivity contribution in [2.45, 2.75) is 32.4 Å². The van der Waals surface area contributed by atoms with Crippen LogP contribution >= 0.6 is 11.8 Å². The predicted molar refractivity (Wildman–Crippen MR) is 81.3 cm³/mol. The van der Waals surface area contributed by atoms with Crippen molar-refractivity contribution in [3.63, 3.8) is 0 Å². The molecule has 0 unspecified atom stereocenters. The Morgan fingerprint density at radius 2 is 2.05 bits per heavy atom. The van der Waals surface area contributed by atoms with E-state index in [4.69, 9.17) is 9.47 Å². The summed E-state index contributed by atoms with van der Waals surface area (Å²) in [7, 11) is 0. The van der Waals surface area contributed by atoms with Gasteiger partial charge in [-0.15, -0.1) is 0 Å². The van der Waals surface area contributed by atoms with Gasteiger partial charge in [-0.2, -0.15) is 11.8 Å². The first-order valence-corrected chi connectivity index (χ1v) is 7.41. The monoisotopic (exact) mass is 301 g/mol. The average molecular weight is 301 g/mol. The van der Waals surface area contributed by atoms with E-state index in [2.05, 4.69) is 18.8 Å². The summed E-state index contributed by atoms with van der Waals surface area (Å²) in [5, 5.41) is 2.52. The van der Waals surface area contributed by atoms with Gasteiger partial charge in [0.25, 0.3) is 0 Å². The lowest BCUT2D eigenvalue weighted by Gasteiger charge is -2.22. The van der Waals surface area contributed by atoms with Gasteiger partial charge in [0.05, 0.1) is 0 Å². The molecule has 0 bridgehead atoms. The van der Waals surface area contributed by atoms with E-state index in [0.717, 1.165) is 0 Å². The maximum absolute atomic E-state index is 11.8. The fourth-order valence-electron chi connectivity index (χ4n) is 1.13. The Labute approximate surface area is 125 Å². The summed E-state index contributed by atoms with van der Waals surface area (Å²) in [5.41, 5.74) is -0.617. The van der Waals surface area contributed by atoms with Gasteiger partial charge in [-0.1, -0.05) is 12.7 Å². The highest BCUT2D eigenvalue weighted by Gasteiger charge is 2.25. The van der Waals surface area contributed by atoms with Gasteiger partial charge in [-0.05, 0) is 39.9 Å². The Morgan fingerprint density at radius 1 is 1.40 bits per heavy atom. The third-order valence-electron chi connectivity index (χ3n) is 1.84.